The Hall–Kier alpha value is -0.170. The molecule has 0 N–H and O–H groups in total. The number of unbranched alkanes of at least 4 members (excludes halogenated alkanes) is 1. The van der Waals surface area contributed by atoms with Crippen molar-refractivity contribution in [2.75, 3.05) is 46.3 Å². The van der Waals surface area contributed by atoms with Crippen molar-refractivity contribution >= 4 is 10.0 Å². The van der Waals surface area contributed by atoms with Crippen LogP contribution in [-0.4, -0.2) is 59.0 Å². The van der Waals surface area contributed by atoms with Gasteiger partial charge in [-0.15, -0.1) is 0 Å². The lowest BCUT2D eigenvalue weighted by atomic mass is 10.4. The van der Waals surface area contributed by atoms with Crippen LogP contribution in [0, 0.1) is 0 Å². The van der Waals surface area contributed by atoms with Crippen molar-refractivity contribution < 1.29 is 17.9 Å². The highest BCUT2D eigenvalue weighted by molar-refractivity contribution is 7.89. The summed E-state index contributed by atoms with van der Waals surface area (Å²) < 4.78 is 35.1. The summed E-state index contributed by atoms with van der Waals surface area (Å²) >= 11 is 0. The van der Waals surface area contributed by atoms with Gasteiger partial charge in [-0.2, -0.15) is 4.31 Å². The van der Waals surface area contributed by atoms with Crippen molar-refractivity contribution in [1.82, 2.24) is 4.31 Å². The lowest BCUT2D eigenvalue weighted by molar-refractivity contribution is 0.150. The molecule has 5 nitrogen and oxygen atoms in total. The van der Waals surface area contributed by atoms with E-state index in [1.165, 1.54) is 4.31 Å². The average molecular weight is 253 g/mol. The normalized spacial score (nSPS) is 12.2. The van der Waals surface area contributed by atoms with Gasteiger partial charge in [-0.25, -0.2) is 8.42 Å². The van der Waals surface area contributed by atoms with Crippen LogP contribution < -0.4 is 0 Å². The molecule has 0 bridgehead atoms. The van der Waals surface area contributed by atoms with E-state index in [1.54, 1.807) is 14.2 Å². The fraction of sp³-hybridized carbons (Fsp3) is 1.00. The first-order valence-corrected chi connectivity index (χ1v) is 7.15. The van der Waals surface area contributed by atoms with Crippen molar-refractivity contribution in [3.8, 4) is 0 Å². The molecule has 0 rings (SSSR count). The summed E-state index contributed by atoms with van der Waals surface area (Å²) in [6.45, 7) is 3.59. The van der Waals surface area contributed by atoms with E-state index < -0.39 is 10.0 Å². The lowest BCUT2D eigenvalue weighted by Crippen LogP contribution is -2.37. The fourth-order valence-corrected chi connectivity index (χ4v) is 2.85. The molecule has 0 aromatic heterocycles. The van der Waals surface area contributed by atoms with Gasteiger partial charge in [-0.1, -0.05) is 13.3 Å². The number of rotatable bonds is 10. The molecular formula is C10H23NO4S. The monoisotopic (exact) mass is 253 g/mol. The third kappa shape index (κ3) is 6.42. The van der Waals surface area contributed by atoms with Gasteiger partial charge < -0.3 is 9.47 Å². The van der Waals surface area contributed by atoms with Crippen LogP contribution in [0.15, 0.2) is 0 Å². The van der Waals surface area contributed by atoms with Crippen molar-refractivity contribution in [3.63, 3.8) is 0 Å². The zero-order valence-electron chi connectivity index (χ0n) is 10.4. The summed E-state index contributed by atoms with van der Waals surface area (Å²) in [6.07, 6.45) is 1.57. The zero-order valence-corrected chi connectivity index (χ0v) is 11.3. The van der Waals surface area contributed by atoms with Crippen molar-refractivity contribution in [3.05, 3.63) is 0 Å². The summed E-state index contributed by atoms with van der Waals surface area (Å²) in [5.41, 5.74) is 0. The van der Waals surface area contributed by atoms with Gasteiger partial charge in [-0.05, 0) is 6.42 Å². The Labute approximate surface area is 98.8 Å². The maximum absolute atomic E-state index is 11.9. The Kier molecular flexibility index (Phi) is 8.83. The third-order valence-electron chi connectivity index (χ3n) is 2.24. The topological polar surface area (TPSA) is 55.8 Å². The molecule has 98 valence electrons. The van der Waals surface area contributed by atoms with E-state index in [0.29, 0.717) is 32.7 Å². The number of sulfonamides is 1. The molecule has 0 atom stereocenters. The van der Waals surface area contributed by atoms with Crippen LogP contribution in [0.5, 0.6) is 0 Å². The summed E-state index contributed by atoms with van der Waals surface area (Å²) in [5, 5.41) is 0. The van der Waals surface area contributed by atoms with Gasteiger partial charge in [0.1, 0.15) is 0 Å². The molecule has 16 heavy (non-hydrogen) atoms. The van der Waals surface area contributed by atoms with E-state index in [9.17, 15) is 8.42 Å². The van der Waals surface area contributed by atoms with Crippen LogP contribution >= 0.6 is 0 Å². The smallest absolute Gasteiger partial charge is 0.214 e. The molecule has 0 unspecified atom stereocenters. The number of ether oxygens (including phenoxy) is 2. The Morgan fingerprint density at radius 3 is 1.94 bits per heavy atom. The Bertz CT molecular complexity index is 246. The van der Waals surface area contributed by atoms with E-state index >= 15 is 0 Å². The van der Waals surface area contributed by atoms with Crippen LogP contribution in [0.2, 0.25) is 0 Å². The van der Waals surface area contributed by atoms with E-state index in [0.717, 1.165) is 6.42 Å². The summed E-state index contributed by atoms with van der Waals surface area (Å²) in [5.74, 6) is 0.205. The predicted octanol–water partition coefficient (Wildman–Crippen LogP) is 0.711. The molecule has 0 aliphatic heterocycles. The highest BCUT2D eigenvalue weighted by atomic mass is 32.2. The lowest BCUT2D eigenvalue weighted by Gasteiger charge is -2.21. The SMILES string of the molecule is CCCCS(=O)(=O)N(CCOC)CCOC. The molecule has 6 heteroatoms. The first-order valence-electron chi connectivity index (χ1n) is 5.54. The molecule has 0 saturated carbocycles. The van der Waals surface area contributed by atoms with Gasteiger partial charge in [-0.3, -0.25) is 0 Å². The van der Waals surface area contributed by atoms with Gasteiger partial charge in [0, 0.05) is 27.3 Å². The Balaban J connectivity index is 4.33. The van der Waals surface area contributed by atoms with Crippen LogP contribution in [-0.2, 0) is 19.5 Å². The second kappa shape index (κ2) is 8.92. The van der Waals surface area contributed by atoms with Crippen LogP contribution in [0.3, 0.4) is 0 Å². The molecule has 0 heterocycles. The van der Waals surface area contributed by atoms with Crippen LogP contribution in [0.25, 0.3) is 0 Å². The third-order valence-corrected chi connectivity index (χ3v) is 4.20. The predicted molar refractivity (Wildman–Crippen MR) is 64.0 cm³/mol. The zero-order chi connectivity index (χ0) is 12.4. The maximum Gasteiger partial charge on any atom is 0.214 e. The van der Waals surface area contributed by atoms with Gasteiger partial charge in [0.25, 0.3) is 0 Å². The molecular weight excluding hydrogens is 230 g/mol. The summed E-state index contributed by atoms with van der Waals surface area (Å²) in [7, 11) is -0.0303. The van der Waals surface area contributed by atoms with E-state index in [-0.39, 0.29) is 5.75 Å². The van der Waals surface area contributed by atoms with Gasteiger partial charge in [0.2, 0.25) is 10.0 Å². The van der Waals surface area contributed by atoms with Crippen molar-refractivity contribution in [2.24, 2.45) is 0 Å². The number of methoxy groups -OCH3 is 2. The summed E-state index contributed by atoms with van der Waals surface area (Å²) in [4.78, 5) is 0. The molecule has 0 fully saturated rings. The molecule has 0 spiro atoms. The van der Waals surface area contributed by atoms with Crippen molar-refractivity contribution in [2.45, 2.75) is 19.8 Å². The van der Waals surface area contributed by atoms with E-state index in [4.69, 9.17) is 9.47 Å². The maximum atomic E-state index is 11.9. The highest BCUT2D eigenvalue weighted by Gasteiger charge is 2.20. The number of hydrogen-bond acceptors (Lipinski definition) is 4. The van der Waals surface area contributed by atoms with Crippen LogP contribution in [0.1, 0.15) is 19.8 Å². The molecule has 0 saturated heterocycles. The largest absolute Gasteiger partial charge is 0.383 e. The minimum atomic E-state index is -3.16. The minimum Gasteiger partial charge on any atom is -0.383 e. The van der Waals surface area contributed by atoms with Gasteiger partial charge in [0.05, 0.1) is 19.0 Å². The average Bonchev–Trinajstić information content (AvgIpc) is 2.26. The molecule has 0 aromatic rings. The van der Waals surface area contributed by atoms with Gasteiger partial charge >= 0.3 is 0 Å². The first-order chi connectivity index (χ1) is 7.58. The number of nitrogens with zero attached hydrogens (tertiary/aromatic N) is 1. The second-order valence-electron chi connectivity index (χ2n) is 3.55. The van der Waals surface area contributed by atoms with E-state index in [1.807, 2.05) is 6.92 Å². The molecule has 0 radical (unpaired) electrons. The Morgan fingerprint density at radius 2 is 1.56 bits per heavy atom. The highest BCUT2D eigenvalue weighted by Crippen LogP contribution is 2.04. The molecule has 0 aliphatic rings. The van der Waals surface area contributed by atoms with E-state index in [2.05, 4.69) is 0 Å². The molecule has 0 aromatic carbocycles. The van der Waals surface area contributed by atoms with Crippen LogP contribution in [0.4, 0.5) is 0 Å². The molecule has 0 amide bonds. The summed E-state index contributed by atoms with van der Waals surface area (Å²) in [6, 6.07) is 0. The van der Waals surface area contributed by atoms with Crippen molar-refractivity contribution in [1.29, 1.82) is 0 Å². The standard InChI is InChI=1S/C10H23NO4S/c1-4-5-10-16(12,13)11(6-8-14-2)7-9-15-3/h4-10H2,1-3H3. The Morgan fingerprint density at radius 1 is 1.06 bits per heavy atom. The number of hydrogen-bond donors (Lipinski definition) is 0. The molecule has 0 aliphatic carbocycles. The quantitative estimate of drug-likeness (QED) is 0.575. The first kappa shape index (κ1) is 15.8. The van der Waals surface area contributed by atoms with Gasteiger partial charge in [0.15, 0.2) is 0 Å². The fourth-order valence-electron chi connectivity index (χ4n) is 1.23. The minimum absolute atomic E-state index is 0.205. The second-order valence-corrected chi connectivity index (χ2v) is 5.64.